The smallest absolute Gasteiger partial charge is 0.252 e. The number of nitrogens with one attached hydrogen (secondary N) is 1. The number of carbonyl (C=O) groups excluding carboxylic acids is 2. The van der Waals surface area contributed by atoms with E-state index in [9.17, 15) is 9.59 Å². The van der Waals surface area contributed by atoms with Gasteiger partial charge in [0.25, 0.3) is 5.78 Å². The molecule has 0 atom stereocenters. The SMILES string of the molecule is Cc1nc2ncnn2c(C)c1CCC(=O)N1CCN(CC(=O)Nc2ccccc2Cl)CC1. The fourth-order valence-corrected chi connectivity index (χ4v) is 4.20. The van der Waals surface area contributed by atoms with Crippen molar-refractivity contribution in [2.45, 2.75) is 26.7 Å². The number of hydrogen-bond acceptors (Lipinski definition) is 6. The van der Waals surface area contributed by atoms with Gasteiger partial charge in [0.2, 0.25) is 11.8 Å². The number of hydrogen-bond donors (Lipinski definition) is 1. The van der Waals surface area contributed by atoms with Crippen molar-refractivity contribution < 1.29 is 9.59 Å². The highest BCUT2D eigenvalue weighted by Crippen LogP contribution is 2.20. The topological polar surface area (TPSA) is 95.7 Å². The summed E-state index contributed by atoms with van der Waals surface area (Å²) in [6.07, 6.45) is 2.51. The van der Waals surface area contributed by atoms with E-state index >= 15 is 0 Å². The van der Waals surface area contributed by atoms with Crippen LogP contribution in [0.3, 0.4) is 0 Å². The molecule has 2 amide bonds. The minimum Gasteiger partial charge on any atom is -0.340 e. The lowest BCUT2D eigenvalue weighted by Crippen LogP contribution is -2.50. The normalized spacial score (nSPS) is 14.7. The van der Waals surface area contributed by atoms with Gasteiger partial charge in [0.05, 0.1) is 17.3 Å². The van der Waals surface area contributed by atoms with Crippen LogP contribution in [0.2, 0.25) is 5.02 Å². The van der Waals surface area contributed by atoms with Crippen LogP contribution in [0.25, 0.3) is 5.78 Å². The van der Waals surface area contributed by atoms with Gasteiger partial charge in [-0.15, -0.1) is 0 Å². The Labute approximate surface area is 191 Å². The third-order valence-electron chi connectivity index (χ3n) is 5.82. The summed E-state index contributed by atoms with van der Waals surface area (Å²) in [4.78, 5) is 37.6. The molecular weight excluding hydrogens is 430 g/mol. The Balaban J connectivity index is 1.26. The monoisotopic (exact) mass is 455 g/mol. The van der Waals surface area contributed by atoms with E-state index in [4.69, 9.17) is 11.6 Å². The maximum atomic E-state index is 12.8. The summed E-state index contributed by atoms with van der Waals surface area (Å²) in [5.74, 6) is 0.576. The van der Waals surface area contributed by atoms with Gasteiger partial charge in [-0.3, -0.25) is 14.5 Å². The largest absolute Gasteiger partial charge is 0.340 e. The standard InChI is InChI=1S/C22H26ClN7O2/c1-15-17(16(2)30-22(26-15)24-14-25-30)7-8-21(32)29-11-9-28(10-12-29)13-20(31)27-19-6-4-3-5-18(19)23/h3-6,14H,7-13H2,1-2H3,(H,27,31). The summed E-state index contributed by atoms with van der Waals surface area (Å²) in [7, 11) is 0. The Kier molecular flexibility index (Phi) is 6.66. The van der Waals surface area contributed by atoms with E-state index in [0.29, 0.717) is 55.5 Å². The zero-order valence-corrected chi connectivity index (χ0v) is 19.0. The molecule has 32 heavy (non-hydrogen) atoms. The van der Waals surface area contributed by atoms with Gasteiger partial charge in [-0.2, -0.15) is 10.1 Å². The number of anilines is 1. The first-order valence-corrected chi connectivity index (χ1v) is 11.0. The van der Waals surface area contributed by atoms with Crippen molar-refractivity contribution >= 4 is 34.9 Å². The molecule has 0 radical (unpaired) electrons. The number of rotatable bonds is 6. The first kappa shape index (κ1) is 22.2. The van der Waals surface area contributed by atoms with Crippen molar-refractivity contribution in [3.8, 4) is 0 Å². The van der Waals surface area contributed by atoms with Crippen LogP contribution >= 0.6 is 11.6 Å². The number of carbonyl (C=O) groups is 2. The Morgan fingerprint density at radius 3 is 2.62 bits per heavy atom. The highest BCUT2D eigenvalue weighted by atomic mass is 35.5. The summed E-state index contributed by atoms with van der Waals surface area (Å²) in [6, 6.07) is 7.16. The lowest BCUT2D eigenvalue weighted by Gasteiger charge is -2.34. The predicted octanol–water partition coefficient (Wildman–Crippen LogP) is 2.11. The number of benzene rings is 1. The second-order valence-electron chi connectivity index (χ2n) is 7.92. The first-order chi connectivity index (χ1) is 15.4. The van der Waals surface area contributed by atoms with Crippen LogP contribution in [0, 0.1) is 13.8 Å². The van der Waals surface area contributed by atoms with Gasteiger partial charge in [0.1, 0.15) is 6.33 Å². The highest BCUT2D eigenvalue weighted by Gasteiger charge is 2.23. The number of halogens is 1. The fraction of sp³-hybridized carbons (Fsp3) is 0.409. The molecule has 9 nitrogen and oxygen atoms in total. The molecule has 2 aromatic heterocycles. The molecule has 1 aliphatic rings. The van der Waals surface area contributed by atoms with Crippen LogP contribution in [0.4, 0.5) is 5.69 Å². The molecule has 1 N–H and O–H groups in total. The van der Waals surface area contributed by atoms with Gasteiger partial charge in [-0.05, 0) is 38.0 Å². The number of amides is 2. The first-order valence-electron chi connectivity index (χ1n) is 10.6. The van der Waals surface area contributed by atoms with Crippen molar-refractivity contribution in [3.63, 3.8) is 0 Å². The van der Waals surface area contributed by atoms with E-state index in [2.05, 4.69) is 20.4 Å². The van der Waals surface area contributed by atoms with Crippen LogP contribution in [0.15, 0.2) is 30.6 Å². The molecular formula is C22H26ClN7O2. The Morgan fingerprint density at radius 2 is 1.88 bits per heavy atom. The van der Waals surface area contributed by atoms with Gasteiger partial charge in [-0.1, -0.05) is 23.7 Å². The molecule has 3 heterocycles. The number of aromatic nitrogens is 4. The van der Waals surface area contributed by atoms with Crippen LogP contribution in [0.5, 0.6) is 0 Å². The number of aryl methyl sites for hydroxylation is 2. The second-order valence-corrected chi connectivity index (χ2v) is 8.33. The van der Waals surface area contributed by atoms with Gasteiger partial charge < -0.3 is 10.2 Å². The summed E-state index contributed by atoms with van der Waals surface area (Å²) < 4.78 is 1.71. The fourth-order valence-electron chi connectivity index (χ4n) is 4.02. The van der Waals surface area contributed by atoms with E-state index in [-0.39, 0.29) is 18.4 Å². The van der Waals surface area contributed by atoms with E-state index in [1.165, 1.54) is 6.33 Å². The van der Waals surface area contributed by atoms with Crippen molar-refractivity contribution in [2.75, 3.05) is 38.0 Å². The van der Waals surface area contributed by atoms with Crippen LogP contribution in [-0.2, 0) is 16.0 Å². The Hall–Kier alpha value is -3.04. The minimum atomic E-state index is -0.111. The van der Waals surface area contributed by atoms with E-state index in [1.807, 2.05) is 35.8 Å². The predicted molar refractivity (Wildman–Crippen MR) is 122 cm³/mol. The third kappa shape index (κ3) is 4.89. The molecule has 4 rings (SSSR count). The lowest BCUT2D eigenvalue weighted by atomic mass is 10.1. The minimum absolute atomic E-state index is 0.111. The molecule has 0 saturated carbocycles. The van der Waals surface area contributed by atoms with Crippen molar-refractivity contribution in [2.24, 2.45) is 0 Å². The highest BCUT2D eigenvalue weighted by molar-refractivity contribution is 6.33. The molecule has 0 bridgehead atoms. The average molecular weight is 456 g/mol. The van der Waals surface area contributed by atoms with Crippen molar-refractivity contribution in [3.05, 3.63) is 52.6 Å². The summed E-state index contributed by atoms with van der Waals surface area (Å²) >= 11 is 6.10. The molecule has 1 aliphatic heterocycles. The number of nitrogens with zero attached hydrogens (tertiary/aromatic N) is 6. The van der Waals surface area contributed by atoms with E-state index < -0.39 is 0 Å². The van der Waals surface area contributed by atoms with Gasteiger partial charge in [0.15, 0.2) is 0 Å². The van der Waals surface area contributed by atoms with Crippen LogP contribution < -0.4 is 5.32 Å². The molecule has 168 valence electrons. The zero-order valence-electron chi connectivity index (χ0n) is 18.2. The molecule has 0 aliphatic carbocycles. The third-order valence-corrected chi connectivity index (χ3v) is 6.15. The maximum Gasteiger partial charge on any atom is 0.252 e. The number of para-hydroxylation sites is 1. The maximum absolute atomic E-state index is 12.8. The van der Waals surface area contributed by atoms with Crippen molar-refractivity contribution in [1.82, 2.24) is 29.4 Å². The van der Waals surface area contributed by atoms with Crippen LogP contribution in [0.1, 0.15) is 23.4 Å². The number of piperazine rings is 1. The zero-order chi connectivity index (χ0) is 22.7. The second kappa shape index (κ2) is 9.62. The molecule has 0 spiro atoms. The molecule has 0 unspecified atom stereocenters. The molecule has 1 saturated heterocycles. The molecule has 1 aromatic carbocycles. The molecule has 1 fully saturated rings. The quantitative estimate of drug-likeness (QED) is 0.611. The van der Waals surface area contributed by atoms with E-state index in [0.717, 1.165) is 17.0 Å². The summed E-state index contributed by atoms with van der Waals surface area (Å²) in [5, 5.41) is 7.56. The van der Waals surface area contributed by atoms with Crippen molar-refractivity contribution in [1.29, 1.82) is 0 Å². The van der Waals surface area contributed by atoms with Gasteiger partial charge >= 0.3 is 0 Å². The number of fused-ring (bicyclic) bond motifs is 1. The molecule has 10 heteroatoms. The Morgan fingerprint density at radius 1 is 1.12 bits per heavy atom. The van der Waals surface area contributed by atoms with Gasteiger partial charge in [-0.25, -0.2) is 9.50 Å². The average Bonchev–Trinajstić information content (AvgIpc) is 3.24. The van der Waals surface area contributed by atoms with Gasteiger partial charge in [0, 0.05) is 44.0 Å². The Bertz CT molecular complexity index is 1140. The van der Waals surface area contributed by atoms with Crippen LogP contribution in [-0.4, -0.2) is 73.9 Å². The van der Waals surface area contributed by atoms with E-state index in [1.54, 1.807) is 16.6 Å². The lowest BCUT2D eigenvalue weighted by molar-refractivity contribution is -0.133. The summed E-state index contributed by atoms with van der Waals surface area (Å²) in [5.41, 5.74) is 3.49. The summed E-state index contributed by atoms with van der Waals surface area (Å²) in [6.45, 7) is 6.72. The molecule has 3 aromatic rings.